The average molecular weight is 462 g/mol. The van der Waals surface area contributed by atoms with Crippen molar-refractivity contribution in [3.8, 4) is 0 Å². The van der Waals surface area contributed by atoms with Crippen molar-refractivity contribution in [2.45, 2.75) is 98.2 Å². The zero-order valence-corrected chi connectivity index (χ0v) is 22.0. The van der Waals surface area contributed by atoms with E-state index in [1.807, 2.05) is 6.92 Å². The molecule has 3 rings (SSSR count). The van der Waals surface area contributed by atoms with Crippen LogP contribution in [0.1, 0.15) is 90.8 Å². The molecule has 1 aromatic rings. The van der Waals surface area contributed by atoms with Crippen LogP contribution in [0.3, 0.4) is 0 Å². The third-order valence-corrected chi connectivity index (χ3v) is 8.69. The van der Waals surface area contributed by atoms with E-state index < -0.39 is 0 Å². The van der Waals surface area contributed by atoms with Crippen LogP contribution >= 0.6 is 11.3 Å². The molecule has 0 radical (unpaired) electrons. The predicted molar refractivity (Wildman–Crippen MR) is 133 cm³/mol. The van der Waals surface area contributed by atoms with Gasteiger partial charge in [-0.05, 0) is 58.4 Å². The monoisotopic (exact) mass is 461 g/mol. The minimum Gasteiger partial charge on any atom is -0.381 e. The summed E-state index contributed by atoms with van der Waals surface area (Å²) in [5.41, 5.74) is 0.390. The summed E-state index contributed by atoms with van der Waals surface area (Å²) in [6, 6.07) is 0. The molecule has 5 unspecified atom stereocenters. The summed E-state index contributed by atoms with van der Waals surface area (Å²) in [6.45, 7) is 16.5. The zero-order valence-electron chi connectivity index (χ0n) is 21.2. The van der Waals surface area contributed by atoms with E-state index in [4.69, 9.17) is 9.47 Å². The van der Waals surface area contributed by atoms with Gasteiger partial charge in [0.05, 0.1) is 22.9 Å². The third kappa shape index (κ3) is 5.90. The molecule has 0 bridgehead atoms. The summed E-state index contributed by atoms with van der Waals surface area (Å²) in [5.74, 6) is 1.25. The van der Waals surface area contributed by atoms with Crippen molar-refractivity contribution in [3.05, 3.63) is 22.2 Å². The Labute approximate surface area is 199 Å². The summed E-state index contributed by atoms with van der Waals surface area (Å²) in [6.07, 6.45) is 10.4. The molecule has 3 heterocycles. The highest BCUT2D eigenvalue weighted by Crippen LogP contribution is 2.56. The van der Waals surface area contributed by atoms with E-state index in [2.05, 4.69) is 64.1 Å². The van der Waals surface area contributed by atoms with Gasteiger partial charge < -0.3 is 9.47 Å². The van der Waals surface area contributed by atoms with Gasteiger partial charge in [-0.3, -0.25) is 4.79 Å². The van der Waals surface area contributed by atoms with Crippen LogP contribution in [0, 0.1) is 30.1 Å². The van der Waals surface area contributed by atoms with Crippen LogP contribution in [0.5, 0.6) is 0 Å². The molecule has 2 aliphatic heterocycles. The molecule has 32 heavy (non-hydrogen) atoms. The lowest BCUT2D eigenvalue weighted by molar-refractivity contribution is -0.131. The van der Waals surface area contributed by atoms with E-state index in [0.717, 1.165) is 49.2 Å². The van der Waals surface area contributed by atoms with Gasteiger partial charge >= 0.3 is 0 Å². The van der Waals surface area contributed by atoms with Gasteiger partial charge in [0.2, 0.25) is 0 Å². The van der Waals surface area contributed by atoms with Gasteiger partial charge in [0, 0.05) is 29.2 Å². The average Bonchev–Trinajstić information content (AvgIpc) is 3.03. The Morgan fingerprint density at radius 3 is 2.59 bits per heavy atom. The van der Waals surface area contributed by atoms with Gasteiger partial charge in [0.1, 0.15) is 11.4 Å². The number of Topliss-reactive ketones (excluding diaryl/α,β-unsaturated/α-hetero) is 1. The minimum atomic E-state index is -0.286. The molecule has 2 aliphatic rings. The molecule has 2 fully saturated rings. The van der Waals surface area contributed by atoms with E-state index in [1.165, 1.54) is 0 Å². The van der Waals surface area contributed by atoms with Crippen molar-refractivity contribution >= 4 is 23.2 Å². The number of fused-ring (bicyclic) bond motifs is 1. The zero-order chi connectivity index (χ0) is 23.6. The number of rotatable bonds is 2. The van der Waals surface area contributed by atoms with E-state index >= 15 is 0 Å². The first-order valence-electron chi connectivity index (χ1n) is 12.4. The number of ketones is 1. The van der Waals surface area contributed by atoms with Crippen molar-refractivity contribution in [1.29, 1.82) is 0 Å². The number of aromatic nitrogens is 1. The van der Waals surface area contributed by atoms with Crippen LogP contribution in [0.25, 0.3) is 6.08 Å². The molecule has 180 valence electrons. The van der Waals surface area contributed by atoms with Crippen LogP contribution in [-0.4, -0.2) is 35.2 Å². The largest absolute Gasteiger partial charge is 0.381 e. The lowest BCUT2D eigenvalue weighted by Crippen LogP contribution is -2.33. The second-order valence-corrected chi connectivity index (χ2v) is 12.3. The highest BCUT2D eigenvalue weighted by Gasteiger charge is 2.65. The lowest BCUT2D eigenvalue weighted by atomic mass is 9.75. The van der Waals surface area contributed by atoms with Crippen molar-refractivity contribution in [3.63, 3.8) is 0 Å². The Morgan fingerprint density at radius 1 is 1.16 bits per heavy atom. The summed E-state index contributed by atoms with van der Waals surface area (Å²) in [4.78, 5) is 17.6. The highest BCUT2D eigenvalue weighted by atomic mass is 32.1. The fourth-order valence-electron chi connectivity index (χ4n) is 5.51. The van der Waals surface area contributed by atoms with E-state index in [9.17, 15) is 4.79 Å². The number of epoxide rings is 1. The molecular weight excluding hydrogens is 418 g/mol. The normalized spacial score (nSPS) is 37.3. The predicted octanol–water partition coefficient (Wildman–Crippen LogP) is 6.87. The van der Waals surface area contributed by atoms with E-state index in [0.29, 0.717) is 24.9 Å². The van der Waals surface area contributed by atoms with Gasteiger partial charge in [-0.1, -0.05) is 46.6 Å². The molecule has 0 aliphatic carbocycles. The second-order valence-electron chi connectivity index (χ2n) is 11.3. The molecule has 0 amide bonds. The SMILES string of the molecule is Cc1nc(/C=C/C2COCCCC(C)(C)C(=O)C(C)CC(C)CCCC3(C)OC23C)cs1. The molecule has 5 atom stereocenters. The molecule has 0 aromatic carbocycles. The van der Waals surface area contributed by atoms with Crippen LogP contribution in [0.4, 0.5) is 0 Å². The first-order valence-corrected chi connectivity index (χ1v) is 13.3. The fraction of sp³-hybridized carbons (Fsp3) is 0.778. The maximum Gasteiger partial charge on any atom is 0.141 e. The van der Waals surface area contributed by atoms with Crippen LogP contribution in [0.2, 0.25) is 0 Å². The standard InChI is InChI=1S/C27H43NO3S/c1-19-10-8-14-26(6)27(7,31-26)22(11-12-23-18-32-21(3)28-23)17-30-15-9-13-25(4,5)24(29)20(2)16-19/h11-12,18-20,22H,8-10,13-17H2,1-7H3/b12-11+. The summed E-state index contributed by atoms with van der Waals surface area (Å²) in [7, 11) is 0. The van der Waals surface area contributed by atoms with Crippen molar-refractivity contribution < 1.29 is 14.3 Å². The summed E-state index contributed by atoms with van der Waals surface area (Å²) in [5, 5.41) is 3.18. The lowest BCUT2D eigenvalue weighted by Gasteiger charge is -2.28. The molecule has 2 saturated heterocycles. The van der Waals surface area contributed by atoms with Crippen molar-refractivity contribution in [1.82, 2.24) is 4.98 Å². The molecule has 5 heteroatoms. The van der Waals surface area contributed by atoms with Crippen molar-refractivity contribution in [2.75, 3.05) is 13.2 Å². The Morgan fingerprint density at radius 2 is 1.91 bits per heavy atom. The molecule has 0 spiro atoms. The van der Waals surface area contributed by atoms with Gasteiger partial charge in [-0.25, -0.2) is 4.98 Å². The third-order valence-electron chi connectivity index (χ3n) is 7.90. The van der Waals surface area contributed by atoms with Crippen LogP contribution in [0.15, 0.2) is 11.5 Å². The smallest absolute Gasteiger partial charge is 0.141 e. The Bertz CT molecular complexity index is 816. The Hall–Kier alpha value is -1.04. The number of carbonyl (C=O) groups is 1. The quantitative estimate of drug-likeness (QED) is 0.451. The molecular formula is C27H43NO3S. The number of hydrogen-bond acceptors (Lipinski definition) is 5. The van der Waals surface area contributed by atoms with Gasteiger partial charge in [0.25, 0.3) is 0 Å². The van der Waals surface area contributed by atoms with Crippen molar-refractivity contribution in [2.24, 2.45) is 23.2 Å². The number of carbonyl (C=O) groups excluding carboxylic acids is 1. The fourth-order valence-corrected chi connectivity index (χ4v) is 6.09. The molecule has 1 aromatic heterocycles. The van der Waals surface area contributed by atoms with E-state index in [-0.39, 0.29) is 28.5 Å². The first kappa shape index (κ1) is 25.6. The topological polar surface area (TPSA) is 51.7 Å². The minimum absolute atomic E-state index is 0.121. The second kappa shape index (κ2) is 10.1. The number of hydrogen-bond donors (Lipinski definition) is 0. The number of nitrogens with zero attached hydrogens (tertiary/aromatic N) is 1. The Kier molecular flexibility index (Phi) is 8.05. The molecule has 0 saturated carbocycles. The molecule has 0 N–H and O–H groups in total. The summed E-state index contributed by atoms with van der Waals surface area (Å²) >= 11 is 1.67. The Balaban J connectivity index is 1.73. The van der Waals surface area contributed by atoms with Gasteiger partial charge in [0.15, 0.2) is 0 Å². The number of aryl methyl sites for hydroxylation is 1. The maximum atomic E-state index is 13.1. The molecule has 4 nitrogen and oxygen atoms in total. The number of thiazole rings is 1. The highest BCUT2D eigenvalue weighted by molar-refractivity contribution is 7.09. The summed E-state index contributed by atoms with van der Waals surface area (Å²) < 4.78 is 12.6. The first-order chi connectivity index (χ1) is 15.0. The van der Waals surface area contributed by atoms with E-state index in [1.54, 1.807) is 11.3 Å². The maximum absolute atomic E-state index is 13.1. The van der Waals surface area contributed by atoms with Crippen LogP contribution < -0.4 is 0 Å². The number of ether oxygens (including phenoxy) is 2. The van der Waals surface area contributed by atoms with Gasteiger partial charge in [-0.2, -0.15) is 0 Å². The van der Waals surface area contributed by atoms with Crippen LogP contribution in [-0.2, 0) is 14.3 Å². The van der Waals surface area contributed by atoms with Gasteiger partial charge in [-0.15, -0.1) is 11.3 Å².